The van der Waals surface area contributed by atoms with Crippen molar-refractivity contribution in [3.63, 3.8) is 0 Å². The molecule has 0 saturated heterocycles. The van der Waals surface area contributed by atoms with Crippen molar-refractivity contribution in [3.8, 4) is 11.3 Å². The van der Waals surface area contributed by atoms with Crippen molar-refractivity contribution < 1.29 is 19.5 Å². The summed E-state index contributed by atoms with van der Waals surface area (Å²) in [5, 5.41) is 12.8. The summed E-state index contributed by atoms with van der Waals surface area (Å²) in [6.45, 7) is 1.85. The highest BCUT2D eigenvalue weighted by Gasteiger charge is 2.27. The summed E-state index contributed by atoms with van der Waals surface area (Å²) in [5.41, 5.74) is 10.1. The number of primary amides is 1. The Bertz CT molecular complexity index is 1070. The molecule has 2 aromatic rings. The van der Waals surface area contributed by atoms with E-state index in [2.05, 4.69) is 16.0 Å². The fourth-order valence-corrected chi connectivity index (χ4v) is 5.54. The third kappa shape index (κ3) is 5.13. The molecular formula is C26H33N3O4. The first kappa shape index (κ1) is 23.1. The second-order valence-electron chi connectivity index (χ2n) is 9.52. The summed E-state index contributed by atoms with van der Waals surface area (Å²) in [6.07, 6.45) is 8.94. The predicted molar refractivity (Wildman–Crippen MR) is 127 cm³/mol. The molecule has 0 spiro atoms. The van der Waals surface area contributed by atoms with Crippen LogP contribution in [0.2, 0.25) is 0 Å². The number of aryl methyl sites for hydroxylation is 1. The number of carboxylic acid groups (broad SMARTS) is 1. The lowest BCUT2D eigenvalue weighted by atomic mass is 9.83. The summed E-state index contributed by atoms with van der Waals surface area (Å²) < 4.78 is 2.13. The number of anilines is 1. The zero-order valence-electron chi connectivity index (χ0n) is 19.2. The number of carboxylic acids is 1. The van der Waals surface area contributed by atoms with Crippen LogP contribution in [0.5, 0.6) is 0 Å². The molecule has 1 aliphatic carbocycles. The van der Waals surface area contributed by atoms with E-state index in [0.29, 0.717) is 30.9 Å². The van der Waals surface area contributed by atoms with E-state index in [4.69, 9.17) is 5.73 Å². The summed E-state index contributed by atoms with van der Waals surface area (Å²) in [7, 11) is 0. The second-order valence-corrected chi connectivity index (χ2v) is 9.52. The Kier molecular flexibility index (Phi) is 6.86. The van der Waals surface area contributed by atoms with E-state index in [1.54, 1.807) is 6.07 Å². The van der Waals surface area contributed by atoms with Crippen LogP contribution in [0.4, 0.5) is 5.69 Å². The zero-order valence-corrected chi connectivity index (χ0v) is 19.2. The van der Waals surface area contributed by atoms with E-state index in [0.717, 1.165) is 28.9 Å². The molecule has 0 bridgehead atoms. The largest absolute Gasteiger partial charge is 0.478 e. The molecule has 7 nitrogen and oxygen atoms in total. The number of amides is 2. The van der Waals surface area contributed by atoms with E-state index in [1.807, 2.05) is 19.1 Å². The highest BCUT2D eigenvalue weighted by molar-refractivity contribution is 5.95. The first-order chi connectivity index (χ1) is 15.8. The van der Waals surface area contributed by atoms with E-state index < -0.39 is 5.97 Å². The predicted octanol–water partition coefficient (Wildman–Crippen LogP) is 4.82. The van der Waals surface area contributed by atoms with Crippen molar-refractivity contribution in [2.75, 3.05) is 5.32 Å². The maximum atomic E-state index is 12.0. The van der Waals surface area contributed by atoms with Crippen molar-refractivity contribution in [2.45, 2.75) is 77.2 Å². The summed E-state index contributed by atoms with van der Waals surface area (Å²) >= 11 is 0. The van der Waals surface area contributed by atoms with Gasteiger partial charge in [-0.2, -0.15) is 0 Å². The van der Waals surface area contributed by atoms with Crippen molar-refractivity contribution >= 4 is 23.5 Å². The standard InChI is InChI=1S/C26H33N3O4/c1-16-21(26(32)33)15-23(19-7-10-22-18(14-19)8-12-25(31)28-22)29(16)20(9-11-24(27)30)13-17-5-3-2-4-6-17/h7,10,14-15,17,20H,2-6,8-9,11-13H2,1H3,(H2,27,30)(H,28,31)(H,32,33). The molecule has 1 atom stereocenters. The molecule has 1 aromatic carbocycles. The van der Waals surface area contributed by atoms with Gasteiger partial charge in [-0.05, 0) is 61.4 Å². The van der Waals surface area contributed by atoms with Crippen LogP contribution in [0.15, 0.2) is 24.3 Å². The van der Waals surface area contributed by atoms with Gasteiger partial charge in [-0.25, -0.2) is 4.79 Å². The molecule has 1 saturated carbocycles. The number of hydrogen-bond donors (Lipinski definition) is 3. The van der Waals surface area contributed by atoms with Crippen LogP contribution >= 0.6 is 0 Å². The van der Waals surface area contributed by atoms with Gasteiger partial charge in [0.1, 0.15) is 0 Å². The number of nitrogens with zero attached hydrogens (tertiary/aromatic N) is 1. The van der Waals surface area contributed by atoms with Crippen molar-refractivity contribution in [3.05, 3.63) is 41.1 Å². The SMILES string of the molecule is Cc1c(C(=O)O)cc(-c2ccc3c(c2)CCC(=O)N3)n1C(CCC(N)=O)CC1CCCCC1. The average Bonchev–Trinajstić information content (AvgIpc) is 3.14. The van der Waals surface area contributed by atoms with E-state index in [1.165, 1.54) is 32.1 Å². The normalized spacial score (nSPS) is 17.3. The van der Waals surface area contributed by atoms with Crippen molar-refractivity contribution in [1.29, 1.82) is 0 Å². The zero-order chi connectivity index (χ0) is 23.5. The van der Waals surface area contributed by atoms with E-state index in [9.17, 15) is 19.5 Å². The van der Waals surface area contributed by atoms with Crippen molar-refractivity contribution in [2.24, 2.45) is 11.7 Å². The van der Waals surface area contributed by atoms with E-state index in [-0.39, 0.29) is 29.8 Å². The molecule has 0 radical (unpaired) electrons. The fraction of sp³-hybridized carbons (Fsp3) is 0.500. The molecule has 4 rings (SSSR count). The van der Waals surface area contributed by atoms with Gasteiger partial charge in [-0.15, -0.1) is 0 Å². The van der Waals surface area contributed by atoms with Gasteiger partial charge in [0, 0.05) is 36.0 Å². The van der Waals surface area contributed by atoms with Gasteiger partial charge >= 0.3 is 5.97 Å². The molecule has 2 aliphatic rings. The Morgan fingerprint density at radius 2 is 1.94 bits per heavy atom. The lowest BCUT2D eigenvalue weighted by Gasteiger charge is -2.30. The average molecular weight is 452 g/mol. The molecule has 2 heterocycles. The highest BCUT2D eigenvalue weighted by Crippen LogP contribution is 2.39. The van der Waals surface area contributed by atoms with Gasteiger partial charge in [0.15, 0.2) is 0 Å². The maximum absolute atomic E-state index is 12.0. The van der Waals surface area contributed by atoms with Gasteiger partial charge < -0.3 is 20.7 Å². The number of aromatic nitrogens is 1. The Labute approximate surface area is 194 Å². The molecule has 4 N–H and O–H groups in total. The minimum absolute atomic E-state index is 0.000523. The molecule has 1 unspecified atom stereocenters. The van der Waals surface area contributed by atoms with Gasteiger partial charge in [-0.3, -0.25) is 9.59 Å². The molecule has 7 heteroatoms. The first-order valence-corrected chi connectivity index (χ1v) is 12.0. The first-order valence-electron chi connectivity index (χ1n) is 12.0. The Balaban J connectivity index is 1.77. The van der Waals surface area contributed by atoms with Crippen LogP contribution in [-0.4, -0.2) is 27.5 Å². The molecule has 176 valence electrons. The minimum Gasteiger partial charge on any atom is -0.478 e. The molecule has 1 fully saturated rings. The lowest BCUT2D eigenvalue weighted by molar-refractivity contribution is -0.118. The van der Waals surface area contributed by atoms with Crippen molar-refractivity contribution in [1.82, 2.24) is 4.57 Å². The van der Waals surface area contributed by atoms with Crippen LogP contribution in [0.1, 0.15) is 85.4 Å². The van der Waals surface area contributed by atoms with Crippen LogP contribution < -0.4 is 11.1 Å². The smallest absolute Gasteiger partial charge is 0.337 e. The van der Waals surface area contributed by atoms with Gasteiger partial charge in [0.05, 0.1) is 5.56 Å². The monoisotopic (exact) mass is 451 g/mol. The fourth-order valence-electron chi connectivity index (χ4n) is 5.54. The van der Waals surface area contributed by atoms with Crippen LogP contribution in [0.25, 0.3) is 11.3 Å². The molecule has 1 aliphatic heterocycles. The number of rotatable bonds is 8. The summed E-state index contributed by atoms with van der Waals surface area (Å²) in [6, 6.07) is 7.64. The number of hydrogen-bond acceptors (Lipinski definition) is 3. The van der Waals surface area contributed by atoms with Crippen LogP contribution in [0, 0.1) is 12.8 Å². The molecule has 33 heavy (non-hydrogen) atoms. The Morgan fingerprint density at radius 1 is 1.18 bits per heavy atom. The topological polar surface area (TPSA) is 114 Å². The molecule has 1 aromatic heterocycles. The Hall–Kier alpha value is -3.09. The number of benzene rings is 1. The highest BCUT2D eigenvalue weighted by atomic mass is 16.4. The van der Waals surface area contributed by atoms with E-state index >= 15 is 0 Å². The summed E-state index contributed by atoms with van der Waals surface area (Å²) in [4.78, 5) is 35.4. The van der Waals surface area contributed by atoms with Gasteiger partial charge in [0.25, 0.3) is 0 Å². The third-order valence-electron chi connectivity index (χ3n) is 7.24. The Morgan fingerprint density at radius 3 is 2.64 bits per heavy atom. The maximum Gasteiger partial charge on any atom is 0.337 e. The molecule has 2 amide bonds. The summed E-state index contributed by atoms with van der Waals surface area (Å²) in [5.74, 6) is -0.707. The molecular weight excluding hydrogens is 418 g/mol. The minimum atomic E-state index is -0.955. The number of fused-ring (bicyclic) bond motifs is 1. The number of nitrogens with two attached hydrogens (primary N) is 1. The van der Waals surface area contributed by atoms with Crippen LogP contribution in [0.3, 0.4) is 0 Å². The quantitative estimate of drug-likeness (QED) is 0.533. The third-order valence-corrected chi connectivity index (χ3v) is 7.24. The lowest BCUT2D eigenvalue weighted by Crippen LogP contribution is -2.21. The number of nitrogens with one attached hydrogen (secondary N) is 1. The van der Waals surface area contributed by atoms with Gasteiger partial charge in [0.2, 0.25) is 11.8 Å². The number of carbonyl (C=O) groups is 3. The number of carbonyl (C=O) groups excluding carboxylic acids is 2. The second kappa shape index (κ2) is 9.81. The number of aromatic carboxylic acids is 1. The van der Waals surface area contributed by atoms with Crippen LogP contribution in [-0.2, 0) is 16.0 Å². The van der Waals surface area contributed by atoms with Gasteiger partial charge in [-0.1, -0.05) is 38.2 Å².